The SMILES string of the molecule is N#C[C@]1(C(=O)O)[C@H](c2ccc(F)cc2)[C@@H]1S(=O)(=O)c1ccc(Cl)cc1. The normalized spacial score (nSPS) is 25.2. The summed E-state index contributed by atoms with van der Waals surface area (Å²) in [6.45, 7) is 0. The van der Waals surface area contributed by atoms with E-state index in [0.717, 1.165) is 12.1 Å². The van der Waals surface area contributed by atoms with Crippen molar-refractivity contribution in [3.8, 4) is 6.07 Å². The van der Waals surface area contributed by atoms with Crippen LogP contribution in [0.2, 0.25) is 5.02 Å². The Labute approximate surface area is 148 Å². The summed E-state index contributed by atoms with van der Waals surface area (Å²) in [4.78, 5) is 11.6. The van der Waals surface area contributed by atoms with E-state index in [9.17, 15) is 28.0 Å². The average Bonchev–Trinajstić information content (AvgIpc) is 3.27. The van der Waals surface area contributed by atoms with Crippen molar-refractivity contribution in [2.24, 2.45) is 5.41 Å². The molecule has 0 radical (unpaired) electrons. The van der Waals surface area contributed by atoms with Crippen molar-refractivity contribution in [1.29, 1.82) is 5.26 Å². The zero-order valence-corrected chi connectivity index (χ0v) is 14.1. The second kappa shape index (κ2) is 5.83. The fourth-order valence-corrected chi connectivity index (χ4v) is 5.47. The Morgan fingerprint density at radius 3 is 2.20 bits per heavy atom. The van der Waals surface area contributed by atoms with E-state index in [1.54, 1.807) is 6.07 Å². The molecule has 3 atom stereocenters. The number of benzene rings is 2. The van der Waals surface area contributed by atoms with Crippen molar-refractivity contribution in [2.45, 2.75) is 16.1 Å². The van der Waals surface area contributed by atoms with Crippen molar-refractivity contribution in [3.05, 3.63) is 64.9 Å². The highest BCUT2D eigenvalue weighted by atomic mass is 35.5. The highest BCUT2D eigenvalue weighted by molar-refractivity contribution is 7.92. The number of nitrogens with zero attached hydrogens (tertiary/aromatic N) is 1. The summed E-state index contributed by atoms with van der Waals surface area (Å²) in [5, 5.41) is 17.8. The van der Waals surface area contributed by atoms with Crippen LogP contribution >= 0.6 is 11.6 Å². The molecule has 1 N–H and O–H groups in total. The molecule has 5 nitrogen and oxygen atoms in total. The van der Waals surface area contributed by atoms with Crippen LogP contribution in [0.3, 0.4) is 0 Å². The van der Waals surface area contributed by atoms with Gasteiger partial charge in [0.1, 0.15) is 11.1 Å². The number of carboxylic acid groups (broad SMARTS) is 1. The standard InChI is InChI=1S/C17H11ClFNO4S/c18-11-3-7-13(8-4-11)25(23,24)15-14(17(15,9-20)16(21)22)10-1-5-12(19)6-2-10/h1-8,14-15H,(H,21,22)/t14-,15+,17+/m1/s1. The van der Waals surface area contributed by atoms with Crippen LogP contribution in [0.4, 0.5) is 4.39 Å². The molecular weight excluding hydrogens is 369 g/mol. The van der Waals surface area contributed by atoms with Crippen LogP contribution < -0.4 is 0 Å². The Morgan fingerprint density at radius 1 is 1.16 bits per heavy atom. The van der Waals surface area contributed by atoms with Gasteiger partial charge in [0.05, 0.1) is 11.0 Å². The summed E-state index contributed by atoms with van der Waals surface area (Å²) in [5.41, 5.74) is -1.83. The minimum absolute atomic E-state index is 0.118. The molecule has 0 amide bonds. The zero-order chi connectivity index (χ0) is 18.4. The Hall–Kier alpha value is -2.43. The molecule has 8 heteroatoms. The molecule has 1 aliphatic carbocycles. The molecule has 25 heavy (non-hydrogen) atoms. The first-order valence-corrected chi connectivity index (χ1v) is 9.07. The molecule has 0 heterocycles. The van der Waals surface area contributed by atoms with E-state index in [1.807, 2.05) is 0 Å². The minimum Gasteiger partial charge on any atom is -0.480 e. The molecule has 0 aromatic heterocycles. The Kier molecular flexibility index (Phi) is 4.06. The van der Waals surface area contributed by atoms with Crippen LogP contribution in [-0.4, -0.2) is 24.7 Å². The smallest absolute Gasteiger partial charge is 0.326 e. The van der Waals surface area contributed by atoms with E-state index in [2.05, 4.69) is 0 Å². The van der Waals surface area contributed by atoms with Crippen molar-refractivity contribution in [1.82, 2.24) is 0 Å². The molecule has 3 rings (SSSR count). The van der Waals surface area contributed by atoms with E-state index >= 15 is 0 Å². The van der Waals surface area contributed by atoms with Gasteiger partial charge in [0.2, 0.25) is 0 Å². The minimum atomic E-state index is -4.11. The van der Waals surface area contributed by atoms with Gasteiger partial charge in [-0.1, -0.05) is 23.7 Å². The highest BCUT2D eigenvalue weighted by Gasteiger charge is 2.77. The molecule has 1 fully saturated rings. The average molecular weight is 380 g/mol. The highest BCUT2D eigenvalue weighted by Crippen LogP contribution is 2.64. The summed E-state index contributed by atoms with van der Waals surface area (Å²) < 4.78 is 38.9. The summed E-state index contributed by atoms with van der Waals surface area (Å²) in [6.07, 6.45) is 0. The van der Waals surface area contributed by atoms with Crippen molar-refractivity contribution in [2.75, 3.05) is 0 Å². The third-order valence-electron chi connectivity index (χ3n) is 4.38. The first-order valence-electron chi connectivity index (χ1n) is 7.14. The maximum absolute atomic E-state index is 13.1. The van der Waals surface area contributed by atoms with Gasteiger partial charge in [-0.3, -0.25) is 4.79 Å². The van der Waals surface area contributed by atoms with E-state index in [4.69, 9.17) is 11.6 Å². The van der Waals surface area contributed by atoms with Crippen LogP contribution in [0.1, 0.15) is 11.5 Å². The molecule has 2 aromatic carbocycles. The first kappa shape index (κ1) is 17.4. The van der Waals surface area contributed by atoms with E-state index < -0.39 is 38.2 Å². The van der Waals surface area contributed by atoms with Gasteiger partial charge in [-0.2, -0.15) is 5.26 Å². The summed E-state index contributed by atoms with van der Waals surface area (Å²) in [7, 11) is -4.11. The second-order valence-corrected chi connectivity index (χ2v) is 8.24. The lowest BCUT2D eigenvalue weighted by Gasteiger charge is -2.05. The molecular formula is C17H11ClFNO4S. The van der Waals surface area contributed by atoms with Crippen molar-refractivity contribution in [3.63, 3.8) is 0 Å². The largest absolute Gasteiger partial charge is 0.480 e. The fourth-order valence-electron chi connectivity index (χ4n) is 3.09. The lowest BCUT2D eigenvalue weighted by molar-refractivity contribution is -0.141. The van der Waals surface area contributed by atoms with Crippen LogP contribution in [0.25, 0.3) is 0 Å². The van der Waals surface area contributed by atoms with Gasteiger partial charge in [0, 0.05) is 10.9 Å². The van der Waals surface area contributed by atoms with Gasteiger partial charge >= 0.3 is 5.97 Å². The first-order chi connectivity index (χ1) is 11.7. The Morgan fingerprint density at radius 2 is 1.72 bits per heavy atom. The molecule has 0 bridgehead atoms. The van der Waals surface area contributed by atoms with Gasteiger partial charge in [0.15, 0.2) is 15.3 Å². The lowest BCUT2D eigenvalue weighted by atomic mass is 10.0. The Balaban J connectivity index is 2.12. The molecule has 128 valence electrons. The van der Waals surface area contributed by atoms with Gasteiger partial charge in [-0.05, 0) is 42.0 Å². The molecule has 0 aliphatic heterocycles. The number of hydrogen-bond donors (Lipinski definition) is 1. The zero-order valence-electron chi connectivity index (χ0n) is 12.6. The summed E-state index contributed by atoms with van der Waals surface area (Å²) >= 11 is 5.75. The quantitative estimate of drug-likeness (QED) is 0.880. The lowest BCUT2D eigenvalue weighted by Crippen LogP contribution is -2.22. The molecule has 0 saturated heterocycles. The maximum Gasteiger partial charge on any atom is 0.326 e. The topological polar surface area (TPSA) is 95.2 Å². The van der Waals surface area contributed by atoms with Gasteiger partial charge in [0.25, 0.3) is 0 Å². The molecule has 2 aromatic rings. The maximum atomic E-state index is 13.1. The molecule has 1 aliphatic rings. The van der Waals surface area contributed by atoms with Crippen molar-refractivity contribution >= 4 is 27.4 Å². The molecule has 0 spiro atoms. The fraction of sp³-hybridized carbons (Fsp3) is 0.176. The second-order valence-electron chi connectivity index (χ2n) is 5.73. The molecule has 1 saturated carbocycles. The van der Waals surface area contributed by atoms with Crippen molar-refractivity contribution < 1.29 is 22.7 Å². The number of sulfone groups is 1. The van der Waals surface area contributed by atoms with E-state index in [0.29, 0.717) is 5.02 Å². The third kappa shape index (κ3) is 2.58. The van der Waals surface area contributed by atoms with E-state index in [1.165, 1.54) is 36.4 Å². The third-order valence-corrected chi connectivity index (χ3v) is 6.87. The number of hydrogen-bond acceptors (Lipinski definition) is 4. The van der Waals surface area contributed by atoms with Crippen LogP contribution in [0.15, 0.2) is 53.4 Å². The number of carboxylic acids is 1. The number of aliphatic carboxylic acids is 1. The predicted octanol–water partition coefficient (Wildman–Crippen LogP) is 3.01. The number of carbonyl (C=O) groups is 1. The molecule has 0 unspecified atom stereocenters. The van der Waals surface area contributed by atoms with Gasteiger partial charge < -0.3 is 5.11 Å². The van der Waals surface area contributed by atoms with Crippen LogP contribution in [0.5, 0.6) is 0 Å². The number of halogens is 2. The van der Waals surface area contributed by atoms with Crippen LogP contribution in [0, 0.1) is 22.6 Å². The number of rotatable bonds is 4. The van der Waals surface area contributed by atoms with Gasteiger partial charge in [-0.25, -0.2) is 12.8 Å². The van der Waals surface area contributed by atoms with Crippen LogP contribution in [-0.2, 0) is 14.6 Å². The predicted molar refractivity (Wildman–Crippen MR) is 87.2 cm³/mol. The summed E-state index contributed by atoms with van der Waals surface area (Å²) in [5.74, 6) is -3.15. The Bertz CT molecular complexity index is 983. The number of nitriles is 1. The van der Waals surface area contributed by atoms with Gasteiger partial charge in [-0.15, -0.1) is 0 Å². The summed E-state index contributed by atoms with van der Waals surface area (Å²) in [6, 6.07) is 11.7. The monoisotopic (exact) mass is 379 g/mol. The van der Waals surface area contributed by atoms with E-state index in [-0.39, 0.29) is 10.5 Å².